The first-order valence-electron chi connectivity index (χ1n) is 6.53. The van der Waals surface area contributed by atoms with E-state index in [2.05, 4.69) is 57.0 Å². The molecule has 0 fully saturated rings. The fourth-order valence-electron chi connectivity index (χ4n) is 1.69. The Balaban J connectivity index is 3.78. The first-order valence-corrected chi connectivity index (χ1v) is 6.53. The van der Waals surface area contributed by atoms with E-state index >= 15 is 0 Å². The number of likely N-dealkylation sites (N-methyl/N-ethyl adjacent to an activating group) is 2. The molecular formula is C13H31N3. The fourth-order valence-corrected chi connectivity index (χ4v) is 1.69. The molecule has 0 saturated carbocycles. The highest BCUT2D eigenvalue weighted by Crippen LogP contribution is 2.00. The SMILES string of the molecule is CCC(CNCC(C)C)N(C)CCN(C)C. The summed E-state index contributed by atoms with van der Waals surface area (Å²) in [6, 6.07) is 0.665. The van der Waals surface area contributed by atoms with Crippen LogP contribution in [0.5, 0.6) is 0 Å². The second-order valence-corrected chi connectivity index (χ2v) is 5.40. The van der Waals surface area contributed by atoms with Crippen molar-refractivity contribution >= 4 is 0 Å². The summed E-state index contributed by atoms with van der Waals surface area (Å²) < 4.78 is 0. The van der Waals surface area contributed by atoms with Crippen LogP contribution >= 0.6 is 0 Å². The number of rotatable bonds is 9. The molecule has 0 rings (SSSR count). The summed E-state index contributed by atoms with van der Waals surface area (Å²) in [4.78, 5) is 4.71. The lowest BCUT2D eigenvalue weighted by Crippen LogP contribution is -2.43. The van der Waals surface area contributed by atoms with Crippen molar-refractivity contribution in [2.24, 2.45) is 5.92 Å². The Morgan fingerprint density at radius 1 is 1.00 bits per heavy atom. The number of nitrogens with zero attached hydrogens (tertiary/aromatic N) is 2. The number of nitrogens with one attached hydrogen (secondary N) is 1. The van der Waals surface area contributed by atoms with Gasteiger partial charge in [-0.2, -0.15) is 0 Å². The van der Waals surface area contributed by atoms with Gasteiger partial charge in [-0.1, -0.05) is 20.8 Å². The summed E-state index contributed by atoms with van der Waals surface area (Å²) in [5.74, 6) is 0.740. The zero-order valence-electron chi connectivity index (χ0n) is 12.1. The highest BCUT2D eigenvalue weighted by Gasteiger charge is 2.12. The van der Waals surface area contributed by atoms with E-state index in [1.807, 2.05) is 0 Å². The molecule has 0 heterocycles. The molecule has 1 atom stereocenters. The van der Waals surface area contributed by atoms with Crippen LogP contribution in [-0.2, 0) is 0 Å². The maximum Gasteiger partial charge on any atom is 0.0215 e. The van der Waals surface area contributed by atoms with E-state index in [0.717, 1.165) is 32.1 Å². The Hall–Kier alpha value is -0.120. The summed E-state index contributed by atoms with van der Waals surface area (Å²) in [5, 5.41) is 3.55. The summed E-state index contributed by atoms with van der Waals surface area (Å²) in [7, 11) is 6.49. The van der Waals surface area contributed by atoms with Crippen molar-refractivity contribution in [2.75, 3.05) is 47.3 Å². The predicted molar refractivity (Wildman–Crippen MR) is 73.0 cm³/mol. The van der Waals surface area contributed by atoms with Gasteiger partial charge in [0, 0.05) is 25.7 Å². The Morgan fingerprint density at radius 2 is 1.62 bits per heavy atom. The van der Waals surface area contributed by atoms with Gasteiger partial charge in [0.2, 0.25) is 0 Å². The van der Waals surface area contributed by atoms with E-state index in [1.54, 1.807) is 0 Å². The van der Waals surface area contributed by atoms with Gasteiger partial charge in [-0.05, 0) is 40.0 Å². The van der Waals surface area contributed by atoms with Crippen molar-refractivity contribution in [1.29, 1.82) is 0 Å². The van der Waals surface area contributed by atoms with Gasteiger partial charge >= 0.3 is 0 Å². The van der Waals surface area contributed by atoms with Crippen LogP contribution in [0.3, 0.4) is 0 Å². The Labute approximate surface area is 102 Å². The predicted octanol–water partition coefficient (Wildman–Crippen LogP) is 1.50. The molecule has 3 heteroatoms. The summed E-state index contributed by atoms with van der Waals surface area (Å²) in [6.45, 7) is 11.3. The third kappa shape index (κ3) is 8.08. The fraction of sp³-hybridized carbons (Fsp3) is 1.00. The third-order valence-corrected chi connectivity index (χ3v) is 2.93. The zero-order valence-corrected chi connectivity index (χ0v) is 12.1. The Bertz CT molecular complexity index is 157. The van der Waals surface area contributed by atoms with Crippen molar-refractivity contribution in [3.8, 4) is 0 Å². The summed E-state index contributed by atoms with van der Waals surface area (Å²) in [6.07, 6.45) is 1.22. The lowest BCUT2D eigenvalue weighted by Gasteiger charge is -2.28. The lowest BCUT2D eigenvalue weighted by atomic mass is 10.1. The average molecular weight is 229 g/mol. The first-order chi connectivity index (χ1) is 7.47. The van der Waals surface area contributed by atoms with Crippen LogP contribution < -0.4 is 5.32 Å². The largest absolute Gasteiger partial charge is 0.315 e. The smallest absolute Gasteiger partial charge is 0.0215 e. The topological polar surface area (TPSA) is 18.5 Å². The van der Waals surface area contributed by atoms with E-state index < -0.39 is 0 Å². The van der Waals surface area contributed by atoms with Gasteiger partial charge in [0.25, 0.3) is 0 Å². The molecule has 0 aromatic carbocycles. The van der Waals surface area contributed by atoms with Crippen molar-refractivity contribution < 1.29 is 0 Å². The van der Waals surface area contributed by atoms with Crippen molar-refractivity contribution in [2.45, 2.75) is 33.2 Å². The standard InChI is InChI=1S/C13H31N3/c1-7-13(11-14-10-12(2)3)16(6)9-8-15(4)5/h12-14H,7-11H2,1-6H3. The molecule has 16 heavy (non-hydrogen) atoms. The molecular weight excluding hydrogens is 198 g/mol. The second kappa shape index (κ2) is 8.97. The van der Waals surface area contributed by atoms with Gasteiger partial charge in [0.05, 0.1) is 0 Å². The van der Waals surface area contributed by atoms with Gasteiger partial charge in [0.15, 0.2) is 0 Å². The molecule has 0 aromatic heterocycles. The normalized spacial score (nSPS) is 14.1. The molecule has 0 radical (unpaired) electrons. The first kappa shape index (κ1) is 15.9. The molecule has 0 spiro atoms. The monoisotopic (exact) mass is 229 g/mol. The molecule has 98 valence electrons. The van der Waals surface area contributed by atoms with E-state index in [0.29, 0.717) is 6.04 Å². The van der Waals surface area contributed by atoms with Gasteiger partial charge in [-0.15, -0.1) is 0 Å². The highest BCUT2D eigenvalue weighted by atomic mass is 15.2. The van der Waals surface area contributed by atoms with Crippen molar-refractivity contribution in [3.05, 3.63) is 0 Å². The molecule has 0 aromatic rings. The molecule has 3 nitrogen and oxygen atoms in total. The van der Waals surface area contributed by atoms with E-state index in [9.17, 15) is 0 Å². The van der Waals surface area contributed by atoms with Crippen LogP contribution in [0.2, 0.25) is 0 Å². The van der Waals surface area contributed by atoms with Gasteiger partial charge in [-0.25, -0.2) is 0 Å². The van der Waals surface area contributed by atoms with Crippen LogP contribution in [0.25, 0.3) is 0 Å². The second-order valence-electron chi connectivity index (χ2n) is 5.40. The van der Waals surface area contributed by atoms with Crippen LogP contribution in [-0.4, -0.2) is 63.2 Å². The Morgan fingerprint density at radius 3 is 2.06 bits per heavy atom. The molecule has 0 amide bonds. The molecule has 0 aliphatic rings. The van der Waals surface area contributed by atoms with Crippen LogP contribution in [0.4, 0.5) is 0 Å². The van der Waals surface area contributed by atoms with Crippen molar-refractivity contribution in [3.63, 3.8) is 0 Å². The van der Waals surface area contributed by atoms with Gasteiger partial charge in [-0.3, -0.25) is 0 Å². The van der Waals surface area contributed by atoms with Gasteiger partial charge < -0.3 is 15.1 Å². The third-order valence-electron chi connectivity index (χ3n) is 2.93. The van der Waals surface area contributed by atoms with Crippen molar-refractivity contribution in [1.82, 2.24) is 15.1 Å². The summed E-state index contributed by atoms with van der Waals surface area (Å²) in [5.41, 5.74) is 0. The zero-order chi connectivity index (χ0) is 12.6. The minimum Gasteiger partial charge on any atom is -0.315 e. The quantitative estimate of drug-likeness (QED) is 0.646. The molecule has 0 saturated heterocycles. The van der Waals surface area contributed by atoms with Crippen LogP contribution in [0.1, 0.15) is 27.2 Å². The van der Waals surface area contributed by atoms with E-state index in [4.69, 9.17) is 0 Å². The van der Waals surface area contributed by atoms with E-state index in [-0.39, 0.29) is 0 Å². The lowest BCUT2D eigenvalue weighted by molar-refractivity contribution is 0.206. The minimum absolute atomic E-state index is 0.665. The molecule has 0 aliphatic heterocycles. The van der Waals surface area contributed by atoms with Crippen LogP contribution in [0, 0.1) is 5.92 Å². The number of hydrogen-bond acceptors (Lipinski definition) is 3. The molecule has 1 N–H and O–H groups in total. The van der Waals surface area contributed by atoms with Gasteiger partial charge in [0.1, 0.15) is 0 Å². The maximum atomic E-state index is 3.55. The molecule has 1 unspecified atom stereocenters. The number of hydrogen-bond donors (Lipinski definition) is 1. The Kier molecular flexibility index (Phi) is 8.90. The summed E-state index contributed by atoms with van der Waals surface area (Å²) >= 11 is 0. The van der Waals surface area contributed by atoms with Crippen LogP contribution in [0.15, 0.2) is 0 Å². The van der Waals surface area contributed by atoms with E-state index in [1.165, 1.54) is 6.42 Å². The maximum absolute atomic E-state index is 3.55. The highest BCUT2D eigenvalue weighted by molar-refractivity contribution is 4.71. The average Bonchev–Trinajstić information content (AvgIpc) is 2.20. The minimum atomic E-state index is 0.665. The molecule has 0 bridgehead atoms. The molecule has 0 aliphatic carbocycles.